The summed E-state index contributed by atoms with van der Waals surface area (Å²) < 4.78 is 5.14. The largest absolute Gasteiger partial charge is 0.443 e. The second kappa shape index (κ2) is 6.61. The predicted octanol–water partition coefficient (Wildman–Crippen LogP) is 2.99. The zero-order valence-corrected chi connectivity index (χ0v) is 13.0. The summed E-state index contributed by atoms with van der Waals surface area (Å²) in [7, 11) is 0. The molecule has 3 atom stereocenters. The van der Waals surface area contributed by atoms with Crippen LogP contribution in [-0.4, -0.2) is 18.0 Å². The van der Waals surface area contributed by atoms with Gasteiger partial charge in [0.15, 0.2) is 6.10 Å². The maximum absolute atomic E-state index is 12.0. The van der Waals surface area contributed by atoms with Crippen LogP contribution in [0.4, 0.5) is 5.69 Å². The third-order valence-electron chi connectivity index (χ3n) is 3.80. The maximum Gasteiger partial charge on any atom is 0.339 e. The van der Waals surface area contributed by atoms with Crippen LogP contribution < -0.4 is 5.32 Å². The number of hydrogen-bond acceptors (Lipinski definition) is 4. The van der Waals surface area contributed by atoms with E-state index in [1.54, 1.807) is 24.3 Å². The first-order valence-electron chi connectivity index (χ1n) is 7.44. The van der Waals surface area contributed by atoms with Crippen LogP contribution in [0.2, 0.25) is 0 Å². The number of carbonyl (C=O) groups is 2. The number of benzene rings is 1. The fraction of sp³-hybridized carbons (Fsp3) is 0.471. The first kappa shape index (κ1) is 16.0. The third kappa shape index (κ3) is 3.85. The van der Waals surface area contributed by atoms with Gasteiger partial charge in [0.2, 0.25) is 5.91 Å². The van der Waals surface area contributed by atoms with Gasteiger partial charge in [-0.15, -0.1) is 0 Å². The zero-order valence-electron chi connectivity index (χ0n) is 13.0. The van der Waals surface area contributed by atoms with E-state index in [-0.39, 0.29) is 17.7 Å². The third-order valence-corrected chi connectivity index (χ3v) is 3.80. The summed E-state index contributed by atoms with van der Waals surface area (Å²) >= 11 is 0. The summed E-state index contributed by atoms with van der Waals surface area (Å²) in [5.41, 5.74) is 1.01. The van der Waals surface area contributed by atoms with Gasteiger partial charge in [-0.2, -0.15) is 5.26 Å². The van der Waals surface area contributed by atoms with Gasteiger partial charge in [-0.05, 0) is 36.6 Å². The summed E-state index contributed by atoms with van der Waals surface area (Å²) in [5.74, 6) is -0.0190. The first-order chi connectivity index (χ1) is 10.4. The molecule has 1 amide bonds. The van der Waals surface area contributed by atoms with Crippen LogP contribution in [0.15, 0.2) is 24.3 Å². The van der Waals surface area contributed by atoms with Crippen molar-refractivity contribution in [2.45, 2.75) is 33.3 Å². The van der Waals surface area contributed by atoms with Gasteiger partial charge < -0.3 is 10.1 Å². The van der Waals surface area contributed by atoms with Crippen molar-refractivity contribution in [3.63, 3.8) is 0 Å². The Hall–Kier alpha value is -2.35. The molecule has 0 saturated heterocycles. The highest BCUT2D eigenvalue weighted by Gasteiger charge is 2.39. The average molecular weight is 300 g/mol. The molecule has 5 heteroatoms. The SMILES string of the molecule is CC(C)[C@H](C#N)OC(=O)c1ccc(NC(=O)[C@@H]2C[C@@H]2C)cc1. The molecule has 0 spiro atoms. The monoisotopic (exact) mass is 300 g/mol. The van der Waals surface area contributed by atoms with Crippen LogP contribution in [0.1, 0.15) is 37.6 Å². The molecule has 1 aliphatic rings. The van der Waals surface area contributed by atoms with Crippen molar-refractivity contribution in [2.75, 3.05) is 5.32 Å². The quantitative estimate of drug-likeness (QED) is 0.848. The number of rotatable bonds is 5. The summed E-state index contributed by atoms with van der Waals surface area (Å²) in [6.45, 7) is 5.68. The molecule has 1 aromatic carbocycles. The van der Waals surface area contributed by atoms with Gasteiger partial charge in [0.1, 0.15) is 6.07 Å². The van der Waals surface area contributed by atoms with Crippen molar-refractivity contribution in [2.24, 2.45) is 17.8 Å². The molecule has 0 aliphatic heterocycles. The van der Waals surface area contributed by atoms with E-state index < -0.39 is 12.1 Å². The minimum Gasteiger partial charge on any atom is -0.443 e. The van der Waals surface area contributed by atoms with E-state index in [0.29, 0.717) is 17.2 Å². The summed E-state index contributed by atoms with van der Waals surface area (Å²) in [5, 5.41) is 11.8. The molecule has 0 heterocycles. The number of hydrogen-bond donors (Lipinski definition) is 1. The molecular weight excluding hydrogens is 280 g/mol. The van der Waals surface area contributed by atoms with E-state index in [1.165, 1.54) is 0 Å². The molecule has 1 N–H and O–H groups in total. The highest BCUT2D eigenvalue weighted by Crippen LogP contribution is 2.38. The Balaban J connectivity index is 1.95. The lowest BCUT2D eigenvalue weighted by Crippen LogP contribution is -2.22. The Morgan fingerprint density at radius 3 is 2.36 bits per heavy atom. The number of nitrogens with zero attached hydrogens (tertiary/aromatic N) is 1. The number of ether oxygens (including phenoxy) is 1. The van der Waals surface area contributed by atoms with Crippen molar-refractivity contribution in [3.05, 3.63) is 29.8 Å². The van der Waals surface area contributed by atoms with E-state index in [4.69, 9.17) is 10.00 Å². The van der Waals surface area contributed by atoms with Gasteiger partial charge in [-0.1, -0.05) is 20.8 Å². The molecule has 116 valence electrons. The summed E-state index contributed by atoms with van der Waals surface area (Å²) in [4.78, 5) is 23.8. The molecule has 0 radical (unpaired) electrons. The smallest absolute Gasteiger partial charge is 0.339 e. The fourth-order valence-electron chi connectivity index (χ4n) is 2.11. The van der Waals surface area contributed by atoms with Crippen molar-refractivity contribution in [1.82, 2.24) is 0 Å². The zero-order chi connectivity index (χ0) is 16.3. The number of nitrogens with one attached hydrogen (secondary N) is 1. The molecule has 2 rings (SSSR count). The molecule has 5 nitrogen and oxygen atoms in total. The standard InChI is InChI=1S/C17H20N2O3/c1-10(2)15(9-18)22-17(21)12-4-6-13(7-5-12)19-16(20)14-8-11(14)3/h4-7,10-11,14-15H,8H2,1-3H3,(H,19,20)/t11-,14+,15-/m0/s1. The average Bonchev–Trinajstić information content (AvgIpc) is 3.22. The number of amides is 1. The van der Waals surface area contributed by atoms with Gasteiger partial charge >= 0.3 is 5.97 Å². The Morgan fingerprint density at radius 2 is 1.91 bits per heavy atom. The van der Waals surface area contributed by atoms with Crippen LogP contribution in [0.5, 0.6) is 0 Å². The van der Waals surface area contributed by atoms with Gasteiger partial charge in [-0.3, -0.25) is 4.79 Å². The number of nitriles is 1. The summed E-state index contributed by atoms with van der Waals surface area (Å²) in [6, 6.07) is 8.47. The molecular formula is C17H20N2O3. The fourth-order valence-corrected chi connectivity index (χ4v) is 2.11. The lowest BCUT2D eigenvalue weighted by Gasteiger charge is -2.14. The normalized spacial score (nSPS) is 20.9. The number of anilines is 1. The predicted molar refractivity (Wildman–Crippen MR) is 82.0 cm³/mol. The Morgan fingerprint density at radius 1 is 1.32 bits per heavy atom. The van der Waals surface area contributed by atoms with Gasteiger partial charge in [-0.25, -0.2) is 4.79 Å². The Labute approximate surface area is 130 Å². The van der Waals surface area contributed by atoms with Crippen LogP contribution in [0.3, 0.4) is 0 Å². The molecule has 1 aliphatic carbocycles. The first-order valence-corrected chi connectivity index (χ1v) is 7.44. The second-order valence-electron chi connectivity index (χ2n) is 6.09. The lowest BCUT2D eigenvalue weighted by atomic mass is 10.1. The topological polar surface area (TPSA) is 79.2 Å². The summed E-state index contributed by atoms with van der Waals surface area (Å²) in [6.07, 6.45) is 0.171. The number of carbonyl (C=O) groups excluding carboxylic acids is 2. The molecule has 0 bridgehead atoms. The van der Waals surface area contributed by atoms with Crippen LogP contribution in [-0.2, 0) is 9.53 Å². The Bertz CT molecular complexity index is 601. The minimum absolute atomic E-state index is 0.0205. The molecule has 1 saturated carbocycles. The molecule has 22 heavy (non-hydrogen) atoms. The highest BCUT2D eigenvalue weighted by atomic mass is 16.5. The Kier molecular flexibility index (Phi) is 4.81. The second-order valence-corrected chi connectivity index (χ2v) is 6.09. The molecule has 1 aromatic rings. The van der Waals surface area contributed by atoms with Crippen LogP contribution >= 0.6 is 0 Å². The van der Waals surface area contributed by atoms with Crippen LogP contribution in [0.25, 0.3) is 0 Å². The van der Waals surface area contributed by atoms with E-state index in [0.717, 1.165) is 6.42 Å². The molecule has 0 unspecified atom stereocenters. The van der Waals surface area contributed by atoms with Crippen molar-refractivity contribution >= 4 is 17.6 Å². The van der Waals surface area contributed by atoms with Gasteiger partial charge in [0.25, 0.3) is 0 Å². The van der Waals surface area contributed by atoms with Crippen molar-refractivity contribution in [3.8, 4) is 6.07 Å². The van der Waals surface area contributed by atoms with E-state index in [1.807, 2.05) is 26.8 Å². The molecule has 0 aromatic heterocycles. The minimum atomic E-state index is -0.761. The maximum atomic E-state index is 12.0. The van der Waals surface area contributed by atoms with E-state index in [2.05, 4.69) is 5.32 Å². The van der Waals surface area contributed by atoms with E-state index >= 15 is 0 Å². The van der Waals surface area contributed by atoms with Gasteiger partial charge in [0.05, 0.1) is 5.56 Å². The number of esters is 1. The van der Waals surface area contributed by atoms with Crippen molar-refractivity contribution in [1.29, 1.82) is 5.26 Å². The highest BCUT2D eigenvalue weighted by molar-refractivity contribution is 5.95. The molecule has 1 fully saturated rings. The van der Waals surface area contributed by atoms with Crippen molar-refractivity contribution < 1.29 is 14.3 Å². The van der Waals surface area contributed by atoms with Gasteiger partial charge in [0, 0.05) is 17.5 Å². The van der Waals surface area contributed by atoms with E-state index in [9.17, 15) is 9.59 Å². The lowest BCUT2D eigenvalue weighted by molar-refractivity contribution is -0.117. The van der Waals surface area contributed by atoms with Crippen LogP contribution in [0, 0.1) is 29.1 Å².